The van der Waals surface area contributed by atoms with E-state index in [9.17, 15) is 0 Å². The maximum Gasteiger partial charge on any atom is 0.155 e. The van der Waals surface area contributed by atoms with E-state index in [0.29, 0.717) is 6.54 Å². The van der Waals surface area contributed by atoms with Crippen LogP contribution in [0.5, 0.6) is 0 Å². The summed E-state index contributed by atoms with van der Waals surface area (Å²) in [6.45, 7) is 2.59. The third kappa shape index (κ3) is 3.62. The lowest BCUT2D eigenvalue weighted by Gasteiger charge is -2.07. The Balaban J connectivity index is 1.54. The largest absolute Gasteiger partial charge is 0.364 e. The number of hydrogen-bond donors (Lipinski definition) is 1. The number of anilines is 1. The highest BCUT2D eigenvalue weighted by Crippen LogP contribution is 2.25. The molecule has 148 valence electrons. The number of aryl methyl sites for hydroxylation is 1. The van der Waals surface area contributed by atoms with Gasteiger partial charge >= 0.3 is 0 Å². The van der Waals surface area contributed by atoms with Crippen molar-refractivity contribution in [3.63, 3.8) is 0 Å². The lowest BCUT2D eigenvalue weighted by atomic mass is 10.2. The average Bonchev–Trinajstić information content (AvgIpc) is 3.40. The number of aromatic nitrogens is 6. The molecule has 5 rings (SSSR count). The minimum absolute atomic E-state index is 0.629. The van der Waals surface area contributed by atoms with Crippen LogP contribution in [0.15, 0.2) is 73.1 Å². The number of benzene rings is 1. The van der Waals surface area contributed by atoms with Crippen molar-refractivity contribution in [3.05, 3.63) is 89.3 Å². The summed E-state index contributed by atoms with van der Waals surface area (Å²) in [6, 6.07) is 19.4. The van der Waals surface area contributed by atoms with Crippen LogP contribution in [0.4, 0.5) is 5.82 Å². The normalized spacial score (nSPS) is 11.1. The van der Waals surface area contributed by atoms with Gasteiger partial charge in [-0.1, -0.05) is 29.8 Å². The Hall–Kier alpha value is -3.71. The fourth-order valence-corrected chi connectivity index (χ4v) is 3.35. The van der Waals surface area contributed by atoms with Gasteiger partial charge in [-0.2, -0.15) is 5.10 Å². The van der Waals surface area contributed by atoms with Gasteiger partial charge in [0.05, 0.1) is 17.6 Å². The summed E-state index contributed by atoms with van der Waals surface area (Å²) in [6.07, 6.45) is 3.62. The lowest BCUT2D eigenvalue weighted by molar-refractivity contribution is 0.842. The maximum absolute atomic E-state index is 5.98. The van der Waals surface area contributed by atoms with E-state index in [1.54, 1.807) is 10.7 Å². The summed E-state index contributed by atoms with van der Waals surface area (Å²) in [5, 5.41) is 13.1. The van der Waals surface area contributed by atoms with Crippen molar-refractivity contribution in [2.24, 2.45) is 0 Å². The van der Waals surface area contributed by atoms with Gasteiger partial charge in [-0.15, -0.1) is 5.10 Å². The van der Waals surface area contributed by atoms with Crippen molar-refractivity contribution >= 4 is 23.1 Å². The second kappa shape index (κ2) is 7.61. The molecule has 0 spiro atoms. The lowest BCUT2D eigenvalue weighted by Crippen LogP contribution is -2.05. The van der Waals surface area contributed by atoms with Crippen molar-refractivity contribution in [2.45, 2.75) is 13.5 Å². The molecule has 4 aromatic heterocycles. The van der Waals surface area contributed by atoms with Gasteiger partial charge in [-0.25, -0.2) is 19.2 Å². The van der Waals surface area contributed by atoms with Crippen molar-refractivity contribution in [3.8, 4) is 17.2 Å². The number of fused-ring (bicyclic) bond motifs is 1. The Morgan fingerprint density at radius 2 is 1.87 bits per heavy atom. The molecule has 0 radical (unpaired) electrons. The highest BCUT2D eigenvalue weighted by atomic mass is 35.5. The van der Waals surface area contributed by atoms with E-state index in [2.05, 4.69) is 15.4 Å². The second-order valence-corrected chi connectivity index (χ2v) is 7.33. The van der Waals surface area contributed by atoms with E-state index in [-0.39, 0.29) is 0 Å². The number of rotatable bonds is 5. The number of hydrogen-bond acceptors (Lipinski definition) is 5. The summed E-state index contributed by atoms with van der Waals surface area (Å²) in [7, 11) is 0. The molecule has 0 aliphatic rings. The third-order valence-corrected chi connectivity index (χ3v) is 4.96. The monoisotopic (exact) mass is 415 g/mol. The zero-order chi connectivity index (χ0) is 20.5. The Kier molecular flexibility index (Phi) is 4.65. The van der Waals surface area contributed by atoms with Crippen LogP contribution in [0.25, 0.3) is 22.9 Å². The highest BCUT2D eigenvalue weighted by Gasteiger charge is 2.15. The van der Waals surface area contributed by atoms with Crippen LogP contribution in [0.1, 0.15) is 11.3 Å². The van der Waals surface area contributed by atoms with Crippen LogP contribution in [-0.4, -0.2) is 29.4 Å². The van der Waals surface area contributed by atoms with E-state index in [1.807, 2.05) is 78.5 Å². The standard InChI is InChI=1S/C22H18ClN7/c1-15-3-2-4-22(26-15)30-19(18-10-12-29-21(27-18)9-11-25-29)13-20(28-30)24-14-16-5-7-17(23)8-6-16/h2-13H,14H2,1H3,(H,24,28). The topological polar surface area (TPSA) is 72.9 Å². The minimum atomic E-state index is 0.629. The molecule has 0 aliphatic carbocycles. The van der Waals surface area contributed by atoms with E-state index in [1.165, 1.54) is 0 Å². The number of nitrogens with zero attached hydrogens (tertiary/aromatic N) is 6. The molecule has 0 fully saturated rings. The molecule has 8 heteroatoms. The first-order valence-electron chi connectivity index (χ1n) is 9.49. The molecule has 0 aliphatic heterocycles. The summed E-state index contributed by atoms with van der Waals surface area (Å²) in [5.41, 5.74) is 4.44. The van der Waals surface area contributed by atoms with Crippen LogP contribution in [-0.2, 0) is 6.54 Å². The van der Waals surface area contributed by atoms with Crippen LogP contribution < -0.4 is 5.32 Å². The Morgan fingerprint density at radius 1 is 1.00 bits per heavy atom. The van der Waals surface area contributed by atoms with Gasteiger partial charge in [0.15, 0.2) is 11.5 Å². The molecular formula is C22H18ClN7. The molecule has 1 N–H and O–H groups in total. The van der Waals surface area contributed by atoms with Crippen LogP contribution >= 0.6 is 11.6 Å². The van der Waals surface area contributed by atoms with Crippen LogP contribution in [0, 0.1) is 6.92 Å². The van der Waals surface area contributed by atoms with Gasteiger partial charge in [0.1, 0.15) is 5.82 Å². The summed E-state index contributed by atoms with van der Waals surface area (Å²) >= 11 is 5.98. The number of nitrogens with one attached hydrogen (secondary N) is 1. The van der Waals surface area contributed by atoms with E-state index >= 15 is 0 Å². The van der Waals surface area contributed by atoms with Gasteiger partial charge in [0.2, 0.25) is 0 Å². The SMILES string of the molecule is Cc1cccc(-n2nc(NCc3ccc(Cl)cc3)cc2-c2ccn3nccc3n2)n1. The fourth-order valence-electron chi connectivity index (χ4n) is 3.22. The minimum Gasteiger partial charge on any atom is -0.364 e. The van der Waals surface area contributed by atoms with Gasteiger partial charge in [-0.3, -0.25) is 0 Å². The zero-order valence-corrected chi connectivity index (χ0v) is 17.0. The Bertz CT molecular complexity index is 1320. The Morgan fingerprint density at radius 3 is 2.70 bits per heavy atom. The van der Waals surface area contributed by atoms with Gasteiger partial charge < -0.3 is 5.32 Å². The smallest absolute Gasteiger partial charge is 0.155 e. The average molecular weight is 416 g/mol. The molecule has 7 nitrogen and oxygen atoms in total. The molecule has 0 bridgehead atoms. The van der Waals surface area contributed by atoms with Crippen molar-refractivity contribution < 1.29 is 0 Å². The maximum atomic E-state index is 5.98. The molecule has 0 saturated heterocycles. The van der Waals surface area contributed by atoms with Crippen molar-refractivity contribution in [2.75, 3.05) is 5.32 Å². The van der Waals surface area contributed by atoms with Gasteiger partial charge in [0.25, 0.3) is 0 Å². The molecule has 0 atom stereocenters. The van der Waals surface area contributed by atoms with Crippen LogP contribution in [0.2, 0.25) is 5.02 Å². The number of pyridine rings is 1. The molecule has 4 heterocycles. The molecule has 1 aromatic carbocycles. The quantitative estimate of drug-likeness (QED) is 0.456. The Labute approximate surface area is 178 Å². The fraction of sp³-hybridized carbons (Fsp3) is 0.0909. The highest BCUT2D eigenvalue weighted by molar-refractivity contribution is 6.30. The van der Waals surface area contributed by atoms with Gasteiger partial charge in [-0.05, 0) is 42.8 Å². The third-order valence-electron chi connectivity index (χ3n) is 4.71. The molecule has 0 saturated carbocycles. The molecule has 0 amide bonds. The summed E-state index contributed by atoms with van der Waals surface area (Å²) in [4.78, 5) is 9.36. The predicted molar refractivity (Wildman–Crippen MR) is 117 cm³/mol. The van der Waals surface area contributed by atoms with E-state index < -0.39 is 0 Å². The summed E-state index contributed by atoms with van der Waals surface area (Å²) < 4.78 is 3.54. The predicted octanol–water partition coefficient (Wildman–Crippen LogP) is 4.55. The molecular weight excluding hydrogens is 398 g/mol. The van der Waals surface area contributed by atoms with Crippen molar-refractivity contribution in [1.29, 1.82) is 0 Å². The van der Waals surface area contributed by atoms with Crippen molar-refractivity contribution in [1.82, 2.24) is 29.4 Å². The van der Waals surface area contributed by atoms with E-state index in [4.69, 9.17) is 21.7 Å². The summed E-state index contributed by atoms with van der Waals surface area (Å²) in [5.74, 6) is 1.47. The molecule has 0 unspecified atom stereocenters. The molecule has 5 aromatic rings. The zero-order valence-electron chi connectivity index (χ0n) is 16.2. The van der Waals surface area contributed by atoms with Crippen LogP contribution in [0.3, 0.4) is 0 Å². The first kappa shape index (κ1) is 18.3. The first-order chi connectivity index (χ1) is 14.7. The molecule has 30 heavy (non-hydrogen) atoms. The van der Waals surface area contributed by atoms with Gasteiger partial charge in [0, 0.05) is 35.6 Å². The first-order valence-corrected chi connectivity index (χ1v) is 9.87. The second-order valence-electron chi connectivity index (χ2n) is 6.89. The van der Waals surface area contributed by atoms with E-state index in [0.717, 1.165) is 45.0 Å². The number of halogens is 1.